The molecule has 3 saturated heterocycles. The Kier molecular flexibility index (Phi) is 5.24. The number of nitrogens with zero attached hydrogens (tertiary/aromatic N) is 1. The monoisotopic (exact) mass is 431 g/mol. The third-order valence-electron chi connectivity index (χ3n) is 6.08. The number of fused-ring (bicyclic) bond motifs is 1. The molecule has 3 aliphatic heterocycles. The minimum Gasteiger partial charge on any atom is -0.457 e. The Bertz CT molecular complexity index is 750. The van der Waals surface area contributed by atoms with Crippen molar-refractivity contribution in [3.63, 3.8) is 0 Å². The largest absolute Gasteiger partial charge is 0.457 e. The van der Waals surface area contributed by atoms with Crippen LogP contribution in [0, 0.1) is 17.3 Å². The third-order valence-corrected chi connectivity index (χ3v) is 6.08. The van der Waals surface area contributed by atoms with E-state index in [9.17, 15) is 23.2 Å². The lowest BCUT2D eigenvalue weighted by Gasteiger charge is -2.39. The van der Waals surface area contributed by atoms with Gasteiger partial charge in [-0.1, -0.05) is 0 Å². The molecule has 3 heterocycles. The van der Waals surface area contributed by atoms with Gasteiger partial charge in [-0.2, -0.15) is 0 Å². The molecular weight excluding hydrogens is 400 g/mol. The molecule has 0 aromatic heterocycles. The van der Waals surface area contributed by atoms with Gasteiger partial charge in [0.25, 0.3) is 5.92 Å². The molecule has 3 aliphatic rings. The number of halogens is 2. The highest BCUT2D eigenvalue weighted by Crippen LogP contribution is 2.54. The Morgan fingerprint density at radius 3 is 2.10 bits per heavy atom. The van der Waals surface area contributed by atoms with Crippen LogP contribution in [0.5, 0.6) is 0 Å². The molecule has 170 valence electrons. The fourth-order valence-electron chi connectivity index (χ4n) is 4.46. The smallest absolute Gasteiger partial charge is 0.313 e. The van der Waals surface area contributed by atoms with Gasteiger partial charge in [-0.3, -0.25) is 14.4 Å². The number of esters is 2. The van der Waals surface area contributed by atoms with Gasteiger partial charge >= 0.3 is 11.9 Å². The summed E-state index contributed by atoms with van der Waals surface area (Å²) in [5.74, 6) is -6.91. The van der Waals surface area contributed by atoms with Crippen LogP contribution in [-0.4, -0.2) is 64.7 Å². The lowest BCUT2D eigenvalue weighted by Crippen LogP contribution is -2.55. The van der Waals surface area contributed by atoms with E-state index in [0.29, 0.717) is 6.92 Å². The van der Waals surface area contributed by atoms with Gasteiger partial charge in [0, 0.05) is 12.5 Å². The molecule has 0 aromatic carbocycles. The number of carbonyl (C=O) groups excluding carboxylic acids is 3. The van der Waals surface area contributed by atoms with E-state index in [1.807, 2.05) is 20.8 Å². The molecule has 0 saturated carbocycles. The lowest BCUT2D eigenvalue weighted by atomic mass is 9.78. The van der Waals surface area contributed by atoms with Crippen LogP contribution < -0.4 is 0 Å². The lowest BCUT2D eigenvalue weighted by molar-refractivity contribution is -0.179. The van der Waals surface area contributed by atoms with Gasteiger partial charge in [0.15, 0.2) is 12.2 Å². The van der Waals surface area contributed by atoms with Crippen molar-refractivity contribution in [3.05, 3.63) is 0 Å². The van der Waals surface area contributed by atoms with Gasteiger partial charge in [-0.05, 0) is 48.5 Å². The second kappa shape index (κ2) is 6.87. The minimum atomic E-state index is -3.23. The zero-order valence-corrected chi connectivity index (χ0v) is 18.7. The van der Waals surface area contributed by atoms with Gasteiger partial charge in [0.2, 0.25) is 5.91 Å². The fraction of sp³-hybridized carbons (Fsp3) is 0.857. The predicted octanol–water partition coefficient (Wildman–Crippen LogP) is 2.55. The summed E-state index contributed by atoms with van der Waals surface area (Å²) in [6.07, 6.45) is -4.11. The zero-order chi connectivity index (χ0) is 23.0. The molecule has 3 fully saturated rings. The molecule has 1 amide bonds. The molecule has 0 aliphatic carbocycles. The van der Waals surface area contributed by atoms with Crippen LogP contribution in [0.1, 0.15) is 55.4 Å². The van der Waals surface area contributed by atoms with Gasteiger partial charge in [-0.15, -0.1) is 0 Å². The van der Waals surface area contributed by atoms with Crippen LogP contribution in [0.4, 0.5) is 8.78 Å². The van der Waals surface area contributed by atoms with Crippen molar-refractivity contribution in [3.8, 4) is 0 Å². The Morgan fingerprint density at radius 2 is 1.63 bits per heavy atom. The fourth-order valence-corrected chi connectivity index (χ4v) is 4.46. The predicted molar refractivity (Wildman–Crippen MR) is 102 cm³/mol. The van der Waals surface area contributed by atoms with Crippen molar-refractivity contribution < 1.29 is 37.4 Å². The summed E-state index contributed by atoms with van der Waals surface area (Å²) in [5.41, 5.74) is -1.41. The van der Waals surface area contributed by atoms with Crippen LogP contribution in [0.3, 0.4) is 0 Å². The van der Waals surface area contributed by atoms with E-state index in [0.717, 1.165) is 6.92 Å². The molecule has 0 aromatic rings. The number of likely N-dealkylation sites (tertiary alicyclic amines) is 1. The second-order valence-corrected chi connectivity index (χ2v) is 10.6. The third kappa shape index (κ3) is 3.59. The molecule has 30 heavy (non-hydrogen) atoms. The van der Waals surface area contributed by atoms with E-state index in [4.69, 9.17) is 14.2 Å². The first-order valence-electron chi connectivity index (χ1n) is 10.2. The standard InChI is InChI=1S/C21H31F2NO6/c1-9(21(8,22)23)28-17(26)11-10-13-12(24(16(10)25)20(5,6)7)15(14(11)29-13)30-18(27)19(2,3)4/h9-15H,1-8H3. The van der Waals surface area contributed by atoms with Crippen molar-refractivity contribution in [1.82, 2.24) is 4.90 Å². The molecule has 7 unspecified atom stereocenters. The second-order valence-electron chi connectivity index (χ2n) is 10.6. The summed E-state index contributed by atoms with van der Waals surface area (Å²) in [5, 5.41) is 0. The summed E-state index contributed by atoms with van der Waals surface area (Å²) in [4.78, 5) is 40.3. The van der Waals surface area contributed by atoms with Crippen LogP contribution in [0.25, 0.3) is 0 Å². The maximum Gasteiger partial charge on any atom is 0.313 e. The highest BCUT2D eigenvalue weighted by molar-refractivity contribution is 5.91. The van der Waals surface area contributed by atoms with E-state index in [-0.39, 0.29) is 5.91 Å². The normalized spacial score (nSPS) is 34.3. The maximum atomic E-state index is 13.6. The first-order chi connectivity index (χ1) is 13.5. The molecule has 3 rings (SSSR count). The topological polar surface area (TPSA) is 82.1 Å². The number of alkyl halides is 2. The molecule has 7 nitrogen and oxygen atoms in total. The van der Waals surface area contributed by atoms with Crippen molar-refractivity contribution >= 4 is 17.8 Å². The summed E-state index contributed by atoms with van der Waals surface area (Å²) >= 11 is 0. The molecule has 0 spiro atoms. The Hall–Kier alpha value is -1.77. The van der Waals surface area contributed by atoms with Crippen LogP contribution in [0.2, 0.25) is 0 Å². The first-order valence-corrected chi connectivity index (χ1v) is 10.2. The Balaban J connectivity index is 1.95. The summed E-state index contributed by atoms with van der Waals surface area (Å²) < 4.78 is 43.8. The SMILES string of the molecule is CC(OC(=O)C1C2OC3C1C(=O)N(C(C)(C)C)C3C2OC(=O)C(C)(C)C)C(C)(F)F. The highest BCUT2D eigenvalue weighted by Gasteiger charge is 2.74. The van der Waals surface area contributed by atoms with Gasteiger partial charge in [-0.25, -0.2) is 8.78 Å². The number of hydrogen-bond acceptors (Lipinski definition) is 6. The Labute approximate surface area is 175 Å². The first kappa shape index (κ1) is 22.9. The van der Waals surface area contributed by atoms with Gasteiger partial charge in [0.05, 0.1) is 23.5 Å². The molecule has 7 atom stereocenters. The van der Waals surface area contributed by atoms with Crippen molar-refractivity contribution in [2.45, 2.75) is 97.3 Å². The maximum absolute atomic E-state index is 13.6. The van der Waals surface area contributed by atoms with Crippen molar-refractivity contribution in [2.24, 2.45) is 17.3 Å². The molecule has 2 bridgehead atoms. The van der Waals surface area contributed by atoms with E-state index >= 15 is 0 Å². The number of ether oxygens (including phenoxy) is 3. The number of hydrogen-bond donors (Lipinski definition) is 0. The summed E-state index contributed by atoms with van der Waals surface area (Å²) in [6.45, 7) is 12.4. The number of rotatable bonds is 4. The zero-order valence-electron chi connectivity index (χ0n) is 18.7. The Morgan fingerprint density at radius 1 is 1.07 bits per heavy atom. The van der Waals surface area contributed by atoms with Crippen LogP contribution >= 0.6 is 0 Å². The van der Waals surface area contributed by atoms with Crippen molar-refractivity contribution in [2.75, 3.05) is 0 Å². The highest BCUT2D eigenvalue weighted by atomic mass is 19.3. The molecule has 0 radical (unpaired) electrons. The summed E-state index contributed by atoms with van der Waals surface area (Å²) in [6, 6.07) is -0.534. The average Bonchev–Trinajstić information content (AvgIpc) is 3.14. The molecular formula is C21H31F2NO6. The van der Waals surface area contributed by atoms with Crippen molar-refractivity contribution in [1.29, 1.82) is 0 Å². The minimum absolute atomic E-state index is 0.313. The van der Waals surface area contributed by atoms with Crippen LogP contribution in [0.15, 0.2) is 0 Å². The number of carbonyl (C=O) groups is 3. The van der Waals surface area contributed by atoms with Gasteiger partial charge in [0.1, 0.15) is 12.0 Å². The summed E-state index contributed by atoms with van der Waals surface area (Å²) in [7, 11) is 0. The van der Waals surface area contributed by atoms with Gasteiger partial charge < -0.3 is 19.1 Å². The van der Waals surface area contributed by atoms with E-state index < -0.39 is 71.1 Å². The van der Waals surface area contributed by atoms with Crippen LogP contribution in [-0.2, 0) is 28.6 Å². The van der Waals surface area contributed by atoms with E-state index in [2.05, 4.69) is 0 Å². The molecule has 0 N–H and O–H groups in total. The molecule has 9 heteroatoms. The van der Waals surface area contributed by atoms with E-state index in [1.165, 1.54) is 0 Å². The number of amides is 1. The quantitative estimate of drug-likeness (QED) is 0.637. The average molecular weight is 431 g/mol. The van der Waals surface area contributed by atoms with E-state index in [1.54, 1.807) is 25.7 Å².